The molecule has 1 heterocycles. The smallest absolute Gasteiger partial charge is 0.0691 e. The summed E-state index contributed by atoms with van der Waals surface area (Å²) in [6.07, 6.45) is 4.12. The molecule has 19 heavy (non-hydrogen) atoms. The lowest BCUT2D eigenvalue weighted by Gasteiger charge is -2.28. The molecule has 0 spiro atoms. The monoisotopic (exact) mass is 257 g/mol. The van der Waals surface area contributed by atoms with Crippen LogP contribution in [0.15, 0.2) is 34.8 Å². The minimum Gasteiger partial charge on any atom is -0.392 e. The highest BCUT2D eigenvalue weighted by atomic mass is 16.5. The van der Waals surface area contributed by atoms with Crippen LogP contribution >= 0.6 is 0 Å². The predicted octanol–water partition coefficient (Wildman–Crippen LogP) is 2.07. The summed E-state index contributed by atoms with van der Waals surface area (Å²) in [6.45, 7) is 2.85. The number of aryl methyl sites for hydroxylation is 1. The molecule has 1 aliphatic heterocycles. The molecule has 0 bridgehead atoms. The number of hydrogen-bond acceptors (Lipinski definition) is 3. The first kappa shape index (κ1) is 12.6. The van der Waals surface area contributed by atoms with Crippen molar-refractivity contribution in [3.63, 3.8) is 0 Å². The van der Waals surface area contributed by atoms with E-state index in [1.54, 1.807) is 7.11 Å². The summed E-state index contributed by atoms with van der Waals surface area (Å²) in [6, 6.07) is 6.64. The number of fused-ring (bicyclic) bond motifs is 3. The lowest BCUT2D eigenvalue weighted by Crippen LogP contribution is -2.27. The first-order chi connectivity index (χ1) is 9.24. The summed E-state index contributed by atoms with van der Waals surface area (Å²) in [7, 11) is 1.71. The van der Waals surface area contributed by atoms with Crippen molar-refractivity contribution in [3.8, 4) is 0 Å². The zero-order valence-corrected chi connectivity index (χ0v) is 11.3. The van der Waals surface area contributed by atoms with Gasteiger partial charge in [-0.15, -0.1) is 0 Å². The number of methoxy groups -OCH3 is 1. The molecule has 1 aromatic carbocycles. The van der Waals surface area contributed by atoms with Gasteiger partial charge in [0.05, 0.1) is 19.3 Å². The summed E-state index contributed by atoms with van der Waals surface area (Å²) in [5.41, 5.74) is 4.78. The molecule has 0 fully saturated rings. The number of hydrogen-bond donors (Lipinski definition) is 1. The molecule has 100 valence electrons. The van der Waals surface area contributed by atoms with Gasteiger partial charge >= 0.3 is 0 Å². The molecule has 0 saturated heterocycles. The molecule has 0 saturated carbocycles. The summed E-state index contributed by atoms with van der Waals surface area (Å²) in [4.78, 5) is 4.70. The van der Waals surface area contributed by atoms with Crippen molar-refractivity contribution in [2.45, 2.75) is 18.9 Å². The van der Waals surface area contributed by atoms with Gasteiger partial charge in [-0.1, -0.05) is 29.8 Å². The number of aliphatic hydroxyl groups excluding tert-OH is 1. The van der Waals surface area contributed by atoms with Gasteiger partial charge in [-0.05, 0) is 23.6 Å². The van der Waals surface area contributed by atoms with E-state index in [1.165, 1.54) is 16.7 Å². The van der Waals surface area contributed by atoms with Crippen LogP contribution in [-0.4, -0.2) is 37.7 Å². The first-order valence-electron chi connectivity index (χ1n) is 6.68. The molecule has 3 atom stereocenters. The quantitative estimate of drug-likeness (QED) is 0.842. The Morgan fingerprint density at radius 2 is 2.21 bits per heavy atom. The molecule has 3 heteroatoms. The van der Waals surface area contributed by atoms with Crippen molar-refractivity contribution < 1.29 is 9.84 Å². The number of aliphatic imine (C=N–C) groups is 1. The topological polar surface area (TPSA) is 41.8 Å². The third-order valence-electron chi connectivity index (χ3n) is 4.11. The minimum atomic E-state index is 0.101. The fourth-order valence-electron chi connectivity index (χ4n) is 3.27. The Labute approximate surface area is 113 Å². The van der Waals surface area contributed by atoms with Crippen LogP contribution in [0.3, 0.4) is 0 Å². The average Bonchev–Trinajstić information content (AvgIpc) is 2.77. The van der Waals surface area contributed by atoms with E-state index < -0.39 is 0 Å². The van der Waals surface area contributed by atoms with Gasteiger partial charge in [0, 0.05) is 25.2 Å². The number of benzene rings is 1. The van der Waals surface area contributed by atoms with Gasteiger partial charge in [-0.2, -0.15) is 0 Å². The van der Waals surface area contributed by atoms with Crippen molar-refractivity contribution in [2.75, 3.05) is 20.3 Å². The third kappa shape index (κ3) is 2.03. The predicted molar refractivity (Wildman–Crippen MR) is 75.8 cm³/mol. The van der Waals surface area contributed by atoms with Crippen molar-refractivity contribution in [2.24, 2.45) is 10.9 Å². The zero-order valence-electron chi connectivity index (χ0n) is 11.3. The highest BCUT2D eigenvalue weighted by molar-refractivity contribution is 5.85. The fourth-order valence-corrected chi connectivity index (χ4v) is 3.27. The molecular formula is C16H19NO2. The molecular weight excluding hydrogens is 238 g/mol. The van der Waals surface area contributed by atoms with Crippen molar-refractivity contribution in [1.29, 1.82) is 0 Å². The molecule has 0 amide bonds. The highest BCUT2D eigenvalue weighted by Crippen LogP contribution is 2.43. The van der Waals surface area contributed by atoms with Gasteiger partial charge in [0.25, 0.3) is 0 Å². The standard InChI is InChI=1S/C16H19NO2/c1-10-3-4-14-11(5-10)7-17-16-13(9-19-2)6-12(8-18)15(14)16/h3-7,13,15-16,18H,8-9H2,1-2H3. The first-order valence-corrected chi connectivity index (χ1v) is 6.68. The van der Waals surface area contributed by atoms with E-state index in [2.05, 4.69) is 31.2 Å². The molecule has 0 aromatic heterocycles. The van der Waals surface area contributed by atoms with Gasteiger partial charge in [-0.3, -0.25) is 4.99 Å². The fraction of sp³-hybridized carbons (Fsp3) is 0.438. The van der Waals surface area contributed by atoms with Gasteiger partial charge in [0.15, 0.2) is 0 Å². The number of ether oxygens (including phenoxy) is 1. The van der Waals surface area contributed by atoms with Crippen LogP contribution < -0.4 is 0 Å². The van der Waals surface area contributed by atoms with Crippen LogP contribution in [0.4, 0.5) is 0 Å². The summed E-state index contributed by atoms with van der Waals surface area (Å²) < 4.78 is 5.27. The Morgan fingerprint density at radius 3 is 2.95 bits per heavy atom. The maximum atomic E-state index is 9.61. The van der Waals surface area contributed by atoms with Gasteiger partial charge in [0.2, 0.25) is 0 Å². The second-order valence-corrected chi connectivity index (χ2v) is 5.40. The van der Waals surface area contributed by atoms with Gasteiger partial charge < -0.3 is 9.84 Å². The Kier molecular flexibility index (Phi) is 3.25. The summed E-state index contributed by atoms with van der Waals surface area (Å²) >= 11 is 0. The summed E-state index contributed by atoms with van der Waals surface area (Å²) in [5.74, 6) is 0.480. The van der Waals surface area contributed by atoms with E-state index in [0.717, 1.165) is 5.57 Å². The Hall–Kier alpha value is -1.45. The molecule has 3 nitrogen and oxygen atoms in total. The largest absolute Gasteiger partial charge is 0.392 e. The second kappa shape index (κ2) is 4.91. The molecule has 3 rings (SSSR count). The Bertz CT molecular complexity index is 548. The Balaban J connectivity index is 2.03. The zero-order chi connectivity index (χ0) is 13.4. The lowest BCUT2D eigenvalue weighted by atomic mass is 9.82. The maximum absolute atomic E-state index is 9.61. The van der Waals surface area contributed by atoms with E-state index in [0.29, 0.717) is 6.61 Å². The number of aliphatic hydroxyl groups is 1. The van der Waals surface area contributed by atoms with Crippen LogP contribution in [0.2, 0.25) is 0 Å². The van der Waals surface area contributed by atoms with Crippen molar-refractivity contribution in [3.05, 3.63) is 46.5 Å². The van der Waals surface area contributed by atoms with E-state index in [-0.39, 0.29) is 24.5 Å². The summed E-state index contributed by atoms with van der Waals surface area (Å²) in [5, 5.41) is 9.61. The van der Waals surface area contributed by atoms with E-state index >= 15 is 0 Å². The maximum Gasteiger partial charge on any atom is 0.0691 e. The van der Waals surface area contributed by atoms with Crippen LogP contribution in [0.5, 0.6) is 0 Å². The van der Waals surface area contributed by atoms with Crippen molar-refractivity contribution in [1.82, 2.24) is 0 Å². The van der Waals surface area contributed by atoms with Crippen LogP contribution in [0.25, 0.3) is 0 Å². The van der Waals surface area contributed by atoms with E-state index in [9.17, 15) is 5.11 Å². The van der Waals surface area contributed by atoms with Crippen LogP contribution in [0, 0.1) is 12.8 Å². The van der Waals surface area contributed by atoms with E-state index in [4.69, 9.17) is 9.73 Å². The molecule has 1 aliphatic carbocycles. The highest BCUT2D eigenvalue weighted by Gasteiger charge is 2.39. The SMILES string of the molecule is COCC1C=C(CO)C2c3ccc(C)cc3C=NC12. The Morgan fingerprint density at radius 1 is 1.37 bits per heavy atom. The van der Waals surface area contributed by atoms with Crippen LogP contribution in [-0.2, 0) is 4.74 Å². The normalized spacial score (nSPS) is 27.9. The van der Waals surface area contributed by atoms with Gasteiger partial charge in [-0.25, -0.2) is 0 Å². The average molecular weight is 257 g/mol. The minimum absolute atomic E-state index is 0.101. The van der Waals surface area contributed by atoms with E-state index in [1.807, 2.05) is 6.21 Å². The third-order valence-corrected chi connectivity index (χ3v) is 4.11. The molecule has 1 aromatic rings. The van der Waals surface area contributed by atoms with Crippen molar-refractivity contribution >= 4 is 6.21 Å². The second-order valence-electron chi connectivity index (χ2n) is 5.40. The van der Waals surface area contributed by atoms with Gasteiger partial charge in [0.1, 0.15) is 0 Å². The van der Waals surface area contributed by atoms with Crippen LogP contribution in [0.1, 0.15) is 22.6 Å². The molecule has 2 aliphatic rings. The lowest BCUT2D eigenvalue weighted by molar-refractivity contribution is 0.161. The molecule has 0 radical (unpaired) electrons. The molecule has 1 N–H and O–H groups in total. The number of rotatable bonds is 3. The number of nitrogens with zero attached hydrogens (tertiary/aromatic N) is 1. The molecule has 3 unspecified atom stereocenters.